The summed E-state index contributed by atoms with van der Waals surface area (Å²) < 4.78 is 4.11. The highest BCUT2D eigenvalue weighted by molar-refractivity contribution is 7.12. The number of nitrogens with one attached hydrogen (secondary N) is 1. The van der Waals surface area contributed by atoms with Crippen LogP contribution in [0.5, 0.6) is 0 Å². The Balaban J connectivity index is 2.96. The number of hydrogen-bond acceptors (Lipinski definition) is 3. The third kappa shape index (κ3) is 0.952. The molecule has 11 heavy (non-hydrogen) atoms. The summed E-state index contributed by atoms with van der Waals surface area (Å²) in [5.41, 5.74) is 0.905. The maximum absolute atomic E-state index is 10.8. The molecule has 0 atom stereocenters. The number of aromatic nitrogens is 2. The SMILES string of the molecule is Cc1nsc2[nH]c(=O)ccc12. The van der Waals surface area contributed by atoms with Crippen molar-refractivity contribution in [3.8, 4) is 0 Å². The fourth-order valence-corrected chi connectivity index (χ4v) is 1.76. The van der Waals surface area contributed by atoms with Crippen molar-refractivity contribution in [1.29, 1.82) is 0 Å². The highest BCUT2D eigenvalue weighted by Gasteiger charge is 2.00. The highest BCUT2D eigenvalue weighted by Crippen LogP contribution is 2.16. The van der Waals surface area contributed by atoms with E-state index in [2.05, 4.69) is 9.36 Å². The fraction of sp³-hybridized carbons (Fsp3) is 0.143. The lowest BCUT2D eigenvalue weighted by atomic mass is 10.3. The Morgan fingerprint density at radius 1 is 1.55 bits per heavy atom. The van der Waals surface area contributed by atoms with Crippen molar-refractivity contribution in [3.63, 3.8) is 0 Å². The molecule has 0 bridgehead atoms. The van der Waals surface area contributed by atoms with E-state index in [4.69, 9.17) is 0 Å². The van der Waals surface area contributed by atoms with E-state index in [0.29, 0.717) is 0 Å². The fourth-order valence-electron chi connectivity index (χ4n) is 0.976. The first-order valence-electron chi connectivity index (χ1n) is 3.23. The molecular formula is C7H6N2OS. The van der Waals surface area contributed by atoms with Crippen molar-refractivity contribution in [2.24, 2.45) is 0 Å². The Labute approximate surface area is 66.9 Å². The minimum Gasteiger partial charge on any atom is -0.312 e. The largest absolute Gasteiger partial charge is 0.312 e. The minimum absolute atomic E-state index is 0.0684. The van der Waals surface area contributed by atoms with E-state index in [1.165, 1.54) is 17.6 Å². The van der Waals surface area contributed by atoms with Gasteiger partial charge in [0.2, 0.25) is 5.56 Å². The van der Waals surface area contributed by atoms with Crippen LogP contribution < -0.4 is 5.56 Å². The summed E-state index contributed by atoms with van der Waals surface area (Å²) in [5.74, 6) is 0. The molecule has 0 aliphatic rings. The van der Waals surface area contributed by atoms with Crippen LogP contribution in [0, 0.1) is 6.92 Å². The van der Waals surface area contributed by atoms with Crippen molar-refractivity contribution in [2.75, 3.05) is 0 Å². The molecule has 2 aromatic rings. The van der Waals surface area contributed by atoms with Crippen LogP contribution >= 0.6 is 11.5 Å². The van der Waals surface area contributed by atoms with Gasteiger partial charge >= 0.3 is 0 Å². The van der Waals surface area contributed by atoms with Gasteiger partial charge in [0.05, 0.1) is 5.69 Å². The molecule has 2 heterocycles. The van der Waals surface area contributed by atoms with Gasteiger partial charge in [-0.05, 0) is 24.5 Å². The van der Waals surface area contributed by atoms with Gasteiger partial charge in [-0.3, -0.25) is 4.79 Å². The third-order valence-corrected chi connectivity index (χ3v) is 2.42. The van der Waals surface area contributed by atoms with E-state index in [0.717, 1.165) is 15.9 Å². The molecule has 0 unspecified atom stereocenters. The first-order chi connectivity index (χ1) is 5.27. The Kier molecular flexibility index (Phi) is 1.29. The maximum atomic E-state index is 10.8. The molecule has 0 aliphatic carbocycles. The standard InChI is InChI=1S/C7H6N2OS/c1-4-5-2-3-6(10)8-7(5)11-9-4/h2-3H,1H3,(H,8,10). The van der Waals surface area contributed by atoms with Crippen molar-refractivity contribution >= 4 is 21.7 Å². The number of H-pyrrole nitrogens is 1. The van der Waals surface area contributed by atoms with Gasteiger partial charge in [0.15, 0.2) is 0 Å². The predicted molar refractivity (Wildman–Crippen MR) is 45.0 cm³/mol. The number of nitrogens with zero attached hydrogens (tertiary/aromatic N) is 1. The first kappa shape index (κ1) is 6.54. The number of aromatic amines is 1. The second-order valence-electron chi connectivity index (χ2n) is 2.33. The Morgan fingerprint density at radius 3 is 3.18 bits per heavy atom. The molecular weight excluding hydrogens is 160 g/mol. The molecule has 56 valence electrons. The van der Waals surface area contributed by atoms with Crippen molar-refractivity contribution in [1.82, 2.24) is 9.36 Å². The molecule has 0 aliphatic heterocycles. The van der Waals surface area contributed by atoms with E-state index in [1.54, 1.807) is 6.07 Å². The quantitative estimate of drug-likeness (QED) is 0.641. The second kappa shape index (κ2) is 2.17. The Bertz CT molecular complexity index is 443. The van der Waals surface area contributed by atoms with Gasteiger partial charge in [0.1, 0.15) is 4.83 Å². The zero-order valence-electron chi connectivity index (χ0n) is 5.92. The van der Waals surface area contributed by atoms with Gasteiger partial charge in [0.25, 0.3) is 0 Å². The average Bonchev–Trinajstić information content (AvgIpc) is 2.32. The second-order valence-corrected chi connectivity index (χ2v) is 3.11. The maximum Gasteiger partial charge on any atom is 0.249 e. The van der Waals surface area contributed by atoms with Gasteiger partial charge in [-0.25, -0.2) is 0 Å². The molecule has 1 N–H and O–H groups in total. The van der Waals surface area contributed by atoms with Crippen molar-refractivity contribution in [2.45, 2.75) is 6.92 Å². The number of fused-ring (bicyclic) bond motifs is 1. The number of pyridine rings is 1. The van der Waals surface area contributed by atoms with Gasteiger partial charge < -0.3 is 4.98 Å². The molecule has 0 saturated heterocycles. The summed E-state index contributed by atoms with van der Waals surface area (Å²) in [6, 6.07) is 3.32. The molecule has 0 aromatic carbocycles. The molecule has 2 aromatic heterocycles. The van der Waals surface area contributed by atoms with Gasteiger partial charge in [0, 0.05) is 11.5 Å². The van der Waals surface area contributed by atoms with E-state index >= 15 is 0 Å². The normalized spacial score (nSPS) is 10.6. The van der Waals surface area contributed by atoms with Crippen molar-refractivity contribution < 1.29 is 0 Å². The molecule has 0 fully saturated rings. The lowest BCUT2D eigenvalue weighted by Gasteiger charge is -1.85. The van der Waals surface area contributed by atoms with E-state index in [1.807, 2.05) is 6.92 Å². The topological polar surface area (TPSA) is 45.8 Å². The molecule has 3 nitrogen and oxygen atoms in total. The molecule has 0 amide bonds. The molecule has 0 radical (unpaired) electrons. The number of rotatable bonds is 0. The monoisotopic (exact) mass is 166 g/mol. The van der Waals surface area contributed by atoms with Crippen LogP contribution in [0.4, 0.5) is 0 Å². The minimum atomic E-state index is -0.0684. The Hall–Kier alpha value is -1.16. The summed E-state index contributed by atoms with van der Waals surface area (Å²) in [4.78, 5) is 14.4. The lowest BCUT2D eigenvalue weighted by Crippen LogP contribution is -2.00. The van der Waals surface area contributed by atoms with Gasteiger partial charge in [-0.2, -0.15) is 4.37 Å². The van der Waals surface area contributed by atoms with Crippen LogP contribution in [0.1, 0.15) is 5.69 Å². The van der Waals surface area contributed by atoms with Crippen LogP contribution in [0.3, 0.4) is 0 Å². The molecule has 2 rings (SSSR count). The smallest absolute Gasteiger partial charge is 0.249 e. The van der Waals surface area contributed by atoms with Gasteiger partial charge in [-0.1, -0.05) is 0 Å². The van der Waals surface area contributed by atoms with Crippen LogP contribution in [-0.4, -0.2) is 9.36 Å². The van der Waals surface area contributed by atoms with E-state index < -0.39 is 0 Å². The third-order valence-electron chi connectivity index (χ3n) is 1.55. The summed E-state index contributed by atoms with van der Waals surface area (Å²) in [6.45, 7) is 1.93. The predicted octanol–water partition coefficient (Wildman–Crippen LogP) is 1.29. The molecule has 0 saturated carbocycles. The van der Waals surface area contributed by atoms with Crippen molar-refractivity contribution in [3.05, 3.63) is 28.2 Å². The number of aryl methyl sites for hydroxylation is 1. The van der Waals surface area contributed by atoms with Crippen LogP contribution in [0.15, 0.2) is 16.9 Å². The van der Waals surface area contributed by atoms with Crippen LogP contribution in [0.2, 0.25) is 0 Å². The summed E-state index contributed by atoms with van der Waals surface area (Å²) >= 11 is 1.32. The first-order valence-corrected chi connectivity index (χ1v) is 4.00. The molecule has 0 spiro atoms. The zero-order valence-corrected chi connectivity index (χ0v) is 6.73. The lowest BCUT2D eigenvalue weighted by molar-refractivity contribution is 1.32. The number of hydrogen-bond donors (Lipinski definition) is 1. The van der Waals surface area contributed by atoms with E-state index in [-0.39, 0.29) is 5.56 Å². The highest BCUT2D eigenvalue weighted by atomic mass is 32.1. The average molecular weight is 166 g/mol. The summed E-state index contributed by atoms with van der Waals surface area (Å²) in [7, 11) is 0. The summed E-state index contributed by atoms with van der Waals surface area (Å²) in [6.07, 6.45) is 0. The summed E-state index contributed by atoms with van der Waals surface area (Å²) in [5, 5.41) is 1.04. The van der Waals surface area contributed by atoms with Crippen LogP contribution in [0.25, 0.3) is 10.2 Å². The Morgan fingerprint density at radius 2 is 2.36 bits per heavy atom. The zero-order chi connectivity index (χ0) is 7.84. The van der Waals surface area contributed by atoms with Crippen LogP contribution in [-0.2, 0) is 0 Å². The molecule has 4 heteroatoms. The van der Waals surface area contributed by atoms with Gasteiger partial charge in [-0.15, -0.1) is 0 Å². The van der Waals surface area contributed by atoms with E-state index in [9.17, 15) is 4.79 Å².